The summed E-state index contributed by atoms with van der Waals surface area (Å²) in [7, 11) is 0. The minimum atomic E-state index is -0.328. The third-order valence-electron chi connectivity index (χ3n) is 5.58. The first-order valence-electron chi connectivity index (χ1n) is 10.00. The number of hydrogen-bond donors (Lipinski definition) is 0. The average molecular weight is 414 g/mol. The molecule has 156 valence electrons. The van der Waals surface area contributed by atoms with E-state index in [1.807, 2.05) is 52.0 Å². The van der Waals surface area contributed by atoms with Crippen molar-refractivity contribution in [2.24, 2.45) is 0 Å². The van der Waals surface area contributed by atoms with Gasteiger partial charge in [0, 0.05) is 24.3 Å². The van der Waals surface area contributed by atoms with Gasteiger partial charge in [0.25, 0.3) is 23.6 Å². The highest BCUT2D eigenvalue weighted by Gasteiger charge is 2.29. The lowest BCUT2D eigenvalue weighted by atomic mass is 9.95. The predicted molar refractivity (Wildman–Crippen MR) is 118 cm³/mol. The van der Waals surface area contributed by atoms with Crippen LogP contribution in [0.3, 0.4) is 0 Å². The molecule has 2 aromatic rings. The van der Waals surface area contributed by atoms with Crippen molar-refractivity contribution in [3.63, 3.8) is 0 Å². The monoisotopic (exact) mass is 414 g/mol. The van der Waals surface area contributed by atoms with Gasteiger partial charge in [0.15, 0.2) is 0 Å². The summed E-state index contributed by atoms with van der Waals surface area (Å²) < 4.78 is 0. The number of benzene rings is 2. The maximum absolute atomic E-state index is 12.1. The molecular weight excluding hydrogens is 392 g/mol. The second-order valence-electron chi connectivity index (χ2n) is 8.02. The zero-order chi connectivity index (χ0) is 22.4. The first-order chi connectivity index (χ1) is 14.7. The Bertz CT molecular complexity index is 1060. The molecule has 4 amide bonds. The number of aryl methyl sites for hydroxylation is 4. The molecule has 2 aromatic carbocycles. The quantitative estimate of drug-likeness (QED) is 0.719. The van der Waals surface area contributed by atoms with Gasteiger partial charge in [-0.2, -0.15) is 0 Å². The normalized spacial score (nSPS) is 15.7. The molecule has 6 nitrogen and oxygen atoms in total. The Kier molecular flexibility index (Phi) is 4.93. The van der Waals surface area contributed by atoms with Crippen LogP contribution in [-0.4, -0.2) is 23.6 Å². The molecule has 0 bridgehead atoms. The van der Waals surface area contributed by atoms with E-state index in [1.165, 1.54) is 34.1 Å². The van der Waals surface area contributed by atoms with Crippen LogP contribution in [-0.2, 0) is 25.6 Å². The van der Waals surface area contributed by atoms with Crippen LogP contribution in [0.25, 0.3) is 0 Å². The standard InChI is InChI=1S/C25H22N2O4/c1-14-9-18(10-15(2)24(14)26-20(28)5-6-21(26)29)13-19-11-16(3)25(17(4)12-19)27-22(30)7-8-23(27)31/h5-12H,13H2,1-4H3. The van der Waals surface area contributed by atoms with Crippen molar-refractivity contribution in [1.29, 1.82) is 0 Å². The molecule has 0 N–H and O–H groups in total. The summed E-state index contributed by atoms with van der Waals surface area (Å²) in [6.45, 7) is 7.56. The molecule has 0 spiro atoms. The number of amides is 4. The fraction of sp³-hybridized carbons (Fsp3) is 0.200. The second kappa shape index (κ2) is 7.47. The highest BCUT2D eigenvalue weighted by atomic mass is 16.2. The number of imide groups is 2. The first kappa shape index (κ1) is 20.5. The van der Waals surface area contributed by atoms with E-state index in [-0.39, 0.29) is 23.6 Å². The van der Waals surface area contributed by atoms with Crippen molar-refractivity contribution in [2.45, 2.75) is 34.1 Å². The number of nitrogens with zero attached hydrogens (tertiary/aromatic N) is 2. The van der Waals surface area contributed by atoms with Gasteiger partial charge in [-0.15, -0.1) is 0 Å². The van der Waals surface area contributed by atoms with Crippen molar-refractivity contribution in [3.8, 4) is 0 Å². The number of rotatable bonds is 4. The predicted octanol–water partition coefficient (Wildman–Crippen LogP) is 3.37. The van der Waals surface area contributed by atoms with Crippen molar-refractivity contribution in [2.75, 3.05) is 9.80 Å². The summed E-state index contributed by atoms with van der Waals surface area (Å²) in [6, 6.07) is 7.93. The molecular formula is C25H22N2O4. The van der Waals surface area contributed by atoms with E-state index in [9.17, 15) is 19.2 Å². The van der Waals surface area contributed by atoms with Gasteiger partial charge in [-0.05, 0) is 67.5 Å². The summed E-state index contributed by atoms with van der Waals surface area (Å²) in [5, 5.41) is 0. The maximum Gasteiger partial charge on any atom is 0.258 e. The minimum Gasteiger partial charge on any atom is -0.269 e. The zero-order valence-electron chi connectivity index (χ0n) is 17.9. The Morgan fingerprint density at radius 1 is 0.516 bits per heavy atom. The Morgan fingerprint density at radius 2 is 0.774 bits per heavy atom. The number of hydrogen-bond acceptors (Lipinski definition) is 4. The average Bonchev–Trinajstić information content (AvgIpc) is 3.17. The molecule has 0 atom stereocenters. The molecule has 31 heavy (non-hydrogen) atoms. The van der Waals surface area contributed by atoms with Crippen LogP contribution in [0.5, 0.6) is 0 Å². The molecule has 0 saturated heterocycles. The minimum absolute atomic E-state index is 0.328. The van der Waals surface area contributed by atoms with Gasteiger partial charge in [-0.1, -0.05) is 24.3 Å². The molecule has 0 aliphatic carbocycles. The van der Waals surface area contributed by atoms with Gasteiger partial charge in [-0.3, -0.25) is 19.2 Å². The first-order valence-corrected chi connectivity index (χ1v) is 10.00. The molecule has 0 radical (unpaired) electrons. The molecule has 0 aromatic heterocycles. The summed E-state index contributed by atoms with van der Waals surface area (Å²) in [5.74, 6) is -1.31. The fourth-order valence-electron chi connectivity index (χ4n) is 4.48. The van der Waals surface area contributed by atoms with Crippen molar-refractivity contribution in [1.82, 2.24) is 0 Å². The number of carbonyl (C=O) groups excluding carboxylic acids is 4. The van der Waals surface area contributed by atoms with Crippen LogP contribution in [0.1, 0.15) is 33.4 Å². The van der Waals surface area contributed by atoms with Crippen molar-refractivity contribution >= 4 is 35.0 Å². The van der Waals surface area contributed by atoms with E-state index in [0.717, 1.165) is 33.4 Å². The molecule has 2 heterocycles. The molecule has 0 saturated carbocycles. The smallest absolute Gasteiger partial charge is 0.258 e. The third kappa shape index (κ3) is 3.50. The molecule has 2 aliphatic heterocycles. The number of anilines is 2. The van der Waals surface area contributed by atoms with E-state index in [0.29, 0.717) is 17.8 Å². The fourth-order valence-corrected chi connectivity index (χ4v) is 4.48. The number of carbonyl (C=O) groups is 4. The molecule has 6 heteroatoms. The molecule has 0 unspecified atom stereocenters. The van der Waals surface area contributed by atoms with Gasteiger partial charge in [0.2, 0.25) is 0 Å². The summed E-state index contributed by atoms with van der Waals surface area (Å²) in [5.41, 5.74) is 6.76. The van der Waals surface area contributed by atoms with Gasteiger partial charge >= 0.3 is 0 Å². The largest absolute Gasteiger partial charge is 0.269 e. The Labute approximate surface area is 180 Å². The van der Waals surface area contributed by atoms with Crippen LogP contribution in [0.2, 0.25) is 0 Å². The van der Waals surface area contributed by atoms with Crippen molar-refractivity contribution in [3.05, 3.63) is 82.0 Å². The Balaban J connectivity index is 1.64. The van der Waals surface area contributed by atoms with Gasteiger partial charge in [0.1, 0.15) is 0 Å². The van der Waals surface area contributed by atoms with E-state index < -0.39 is 0 Å². The Morgan fingerprint density at radius 3 is 1.03 bits per heavy atom. The van der Waals surface area contributed by atoms with E-state index in [1.54, 1.807) is 0 Å². The van der Waals surface area contributed by atoms with Gasteiger partial charge in [-0.25, -0.2) is 9.80 Å². The molecule has 4 rings (SSSR count). The lowest BCUT2D eigenvalue weighted by Gasteiger charge is -2.22. The molecule has 0 fully saturated rings. The zero-order valence-corrected chi connectivity index (χ0v) is 17.9. The lowest BCUT2D eigenvalue weighted by Crippen LogP contribution is -2.31. The SMILES string of the molecule is Cc1cc(Cc2cc(C)c(N3C(=O)C=CC3=O)c(C)c2)cc(C)c1N1C(=O)C=CC1=O. The molecule has 2 aliphatic rings. The Hall–Kier alpha value is -3.80. The summed E-state index contributed by atoms with van der Waals surface area (Å²) >= 11 is 0. The van der Waals surface area contributed by atoms with E-state index in [2.05, 4.69) is 0 Å². The van der Waals surface area contributed by atoms with Crippen LogP contribution >= 0.6 is 0 Å². The summed E-state index contributed by atoms with van der Waals surface area (Å²) in [4.78, 5) is 50.8. The van der Waals surface area contributed by atoms with Gasteiger partial charge < -0.3 is 0 Å². The topological polar surface area (TPSA) is 74.8 Å². The van der Waals surface area contributed by atoms with Crippen LogP contribution in [0.15, 0.2) is 48.6 Å². The van der Waals surface area contributed by atoms with Crippen LogP contribution in [0.4, 0.5) is 11.4 Å². The highest BCUT2D eigenvalue weighted by Crippen LogP contribution is 2.32. The van der Waals surface area contributed by atoms with Crippen LogP contribution < -0.4 is 9.80 Å². The van der Waals surface area contributed by atoms with Crippen molar-refractivity contribution < 1.29 is 19.2 Å². The van der Waals surface area contributed by atoms with Crippen LogP contribution in [0, 0.1) is 27.7 Å². The van der Waals surface area contributed by atoms with E-state index >= 15 is 0 Å². The van der Waals surface area contributed by atoms with Gasteiger partial charge in [0.05, 0.1) is 11.4 Å². The lowest BCUT2D eigenvalue weighted by molar-refractivity contribution is -0.121. The second-order valence-corrected chi connectivity index (χ2v) is 8.02. The highest BCUT2D eigenvalue weighted by molar-refractivity contribution is 6.29. The third-order valence-corrected chi connectivity index (χ3v) is 5.58. The van der Waals surface area contributed by atoms with E-state index in [4.69, 9.17) is 0 Å². The maximum atomic E-state index is 12.1. The summed E-state index contributed by atoms with van der Waals surface area (Å²) in [6.07, 6.45) is 5.78.